The van der Waals surface area contributed by atoms with Gasteiger partial charge in [0.1, 0.15) is 0 Å². The molecule has 0 amide bonds. The van der Waals surface area contributed by atoms with Crippen LogP contribution in [0.3, 0.4) is 0 Å². The Morgan fingerprint density at radius 1 is 0.793 bits per heavy atom. The third-order valence-corrected chi connectivity index (χ3v) is 7.47. The zero-order valence-electron chi connectivity index (χ0n) is 16.2. The lowest BCUT2D eigenvalue weighted by atomic mass is 10.0. The smallest absolute Gasteiger partial charge is 0.321 e. The van der Waals surface area contributed by atoms with E-state index in [2.05, 4.69) is 0 Å². The van der Waals surface area contributed by atoms with Crippen LogP contribution in [0.5, 0.6) is 0 Å². The fourth-order valence-corrected chi connectivity index (χ4v) is 5.06. The standard InChI is InChI=1S/C22H26Cl2O4S/c23-19-11-7-17(8-12-19)5-3-1-2-4-6-21(22(25)26)29(27,28)16-15-18-9-13-20(24)14-10-18/h7-14,21H,1-6,15-16H2,(H,25,26). The molecule has 0 aromatic heterocycles. The average molecular weight is 457 g/mol. The van der Waals surface area contributed by atoms with Crippen LogP contribution in [-0.2, 0) is 27.5 Å². The van der Waals surface area contributed by atoms with E-state index in [0.29, 0.717) is 16.5 Å². The predicted octanol–water partition coefficient (Wildman–Crippen LogP) is 5.60. The first-order valence-electron chi connectivity index (χ1n) is 9.71. The van der Waals surface area contributed by atoms with Gasteiger partial charge in [-0.05, 0) is 61.1 Å². The second kappa shape index (κ2) is 11.6. The van der Waals surface area contributed by atoms with Crippen molar-refractivity contribution < 1.29 is 18.3 Å². The molecule has 0 radical (unpaired) electrons. The molecule has 2 aromatic rings. The van der Waals surface area contributed by atoms with E-state index in [9.17, 15) is 18.3 Å². The Kier molecular flexibility index (Phi) is 9.47. The summed E-state index contributed by atoms with van der Waals surface area (Å²) >= 11 is 11.7. The Hall–Kier alpha value is -1.56. The molecular formula is C22H26Cl2O4S. The summed E-state index contributed by atoms with van der Waals surface area (Å²) in [5.74, 6) is -1.44. The van der Waals surface area contributed by atoms with Gasteiger partial charge in [-0.2, -0.15) is 0 Å². The van der Waals surface area contributed by atoms with Crippen LogP contribution in [-0.4, -0.2) is 30.5 Å². The summed E-state index contributed by atoms with van der Waals surface area (Å²) in [6, 6.07) is 14.6. The largest absolute Gasteiger partial charge is 0.480 e. The number of carboxylic acid groups (broad SMARTS) is 1. The number of hydrogen-bond acceptors (Lipinski definition) is 3. The maximum atomic E-state index is 12.5. The summed E-state index contributed by atoms with van der Waals surface area (Å²) in [6.45, 7) is 0. The second-order valence-electron chi connectivity index (χ2n) is 7.15. The Balaban J connectivity index is 1.75. The zero-order valence-corrected chi connectivity index (χ0v) is 18.5. The van der Waals surface area contributed by atoms with Crippen molar-refractivity contribution in [2.24, 2.45) is 0 Å². The minimum absolute atomic E-state index is 0.152. The SMILES string of the molecule is O=C(O)C(CCCCCCc1ccc(Cl)cc1)S(=O)(=O)CCc1ccc(Cl)cc1. The van der Waals surface area contributed by atoms with Crippen molar-refractivity contribution >= 4 is 39.0 Å². The fourth-order valence-electron chi connectivity index (χ4n) is 3.17. The second-order valence-corrected chi connectivity index (χ2v) is 10.3. The van der Waals surface area contributed by atoms with E-state index in [4.69, 9.17) is 23.2 Å². The first kappa shape index (κ1) is 23.7. The number of hydrogen-bond donors (Lipinski definition) is 1. The van der Waals surface area contributed by atoms with Gasteiger partial charge in [0, 0.05) is 10.0 Å². The monoisotopic (exact) mass is 456 g/mol. The van der Waals surface area contributed by atoms with Gasteiger partial charge < -0.3 is 5.11 Å². The molecular weight excluding hydrogens is 431 g/mol. The summed E-state index contributed by atoms with van der Waals surface area (Å²) in [7, 11) is -3.71. The Bertz CT molecular complexity index is 878. The van der Waals surface area contributed by atoms with E-state index in [1.807, 2.05) is 24.3 Å². The maximum absolute atomic E-state index is 12.5. The number of aliphatic carboxylic acids is 1. The molecule has 0 aliphatic rings. The van der Waals surface area contributed by atoms with Crippen LogP contribution in [0.2, 0.25) is 10.0 Å². The highest BCUT2D eigenvalue weighted by molar-refractivity contribution is 7.92. The molecule has 0 heterocycles. The van der Waals surface area contributed by atoms with Gasteiger partial charge >= 0.3 is 5.97 Å². The van der Waals surface area contributed by atoms with E-state index >= 15 is 0 Å². The van der Waals surface area contributed by atoms with Crippen LogP contribution in [0.1, 0.15) is 43.2 Å². The lowest BCUT2D eigenvalue weighted by molar-refractivity contribution is -0.136. The predicted molar refractivity (Wildman–Crippen MR) is 119 cm³/mol. The number of carboxylic acids is 1. The summed E-state index contributed by atoms with van der Waals surface area (Å²) in [6.07, 6.45) is 4.66. The van der Waals surface area contributed by atoms with Crippen molar-refractivity contribution in [2.75, 3.05) is 5.75 Å². The van der Waals surface area contributed by atoms with Gasteiger partial charge in [-0.3, -0.25) is 4.79 Å². The first-order chi connectivity index (χ1) is 13.8. The number of benzene rings is 2. The lowest BCUT2D eigenvalue weighted by Crippen LogP contribution is -2.32. The summed E-state index contributed by atoms with van der Waals surface area (Å²) in [4.78, 5) is 11.5. The molecule has 4 nitrogen and oxygen atoms in total. The molecule has 1 atom stereocenters. The van der Waals surface area contributed by atoms with Crippen LogP contribution in [0, 0.1) is 0 Å². The van der Waals surface area contributed by atoms with Crippen molar-refractivity contribution in [3.05, 3.63) is 69.7 Å². The molecule has 2 rings (SSSR count). The number of rotatable bonds is 12. The molecule has 1 unspecified atom stereocenters. The van der Waals surface area contributed by atoms with E-state index in [1.165, 1.54) is 5.56 Å². The Morgan fingerprint density at radius 3 is 1.79 bits per heavy atom. The molecule has 0 bridgehead atoms. The number of halogens is 2. The highest BCUT2D eigenvalue weighted by atomic mass is 35.5. The highest BCUT2D eigenvalue weighted by Crippen LogP contribution is 2.18. The van der Waals surface area contributed by atoms with Gasteiger partial charge in [-0.1, -0.05) is 66.7 Å². The van der Waals surface area contributed by atoms with Gasteiger partial charge in [-0.25, -0.2) is 8.42 Å². The number of unbranched alkanes of at least 4 members (excludes halogenated alkanes) is 3. The Labute approximate surface area is 182 Å². The van der Waals surface area contributed by atoms with Crippen molar-refractivity contribution in [3.8, 4) is 0 Å². The van der Waals surface area contributed by atoms with Gasteiger partial charge in [-0.15, -0.1) is 0 Å². The quantitative estimate of drug-likeness (QED) is 0.422. The van der Waals surface area contributed by atoms with Gasteiger partial charge in [0.25, 0.3) is 0 Å². The summed E-state index contributed by atoms with van der Waals surface area (Å²) in [5, 5.41) is 9.36. The topological polar surface area (TPSA) is 71.4 Å². The maximum Gasteiger partial charge on any atom is 0.321 e. The molecule has 0 spiro atoms. The first-order valence-corrected chi connectivity index (χ1v) is 12.2. The molecule has 7 heteroatoms. The van der Waals surface area contributed by atoms with Gasteiger partial charge in [0.05, 0.1) is 5.75 Å². The van der Waals surface area contributed by atoms with Crippen LogP contribution in [0.15, 0.2) is 48.5 Å². The van der Waals surface area contributed by atoms with E-state index in [-0.39, 0.29) is 18.6 Å². The van der Waals surface area contributed by atoms with Crippen molar-refractivity contribution in [1.82, 2.24) is 0 Å². The van der Waals surface area contributed by atoms with Crippen molar-refractivity contribution in [3.63, 3.8) is 0 Å². The molecule has 0 aliphatic carbocycles. The van der Waals surface area contributed by atoms with E-state index in [0.717, 1.165) is 31.2 Å². The van der Waals surface area contributed by atoms with Crippen LogP contribution in [0.4, 0.5) is 0 Å². The Morgan fingerprint density at radius 2 is 1.28 bits per heavy atom. The molecule has 2 aromatic carbocycles. The highest BCUT2D eigenvalue weighted by Gasteiger charge is 2.31. The zero-order chi connectivity index (χ0) is 21.3. The summed E-state index contributed by atoms with van der Waals surface area (Å²) < 4.78 is 25.1. The number of aryl methyl sites for hydroxylation is 2. The molecule has 0 fully saturated rings. The van der Waals surface area contributed by atoms with Gasteiger partial charge in [0.15, 0.2) is 15.1 Å². The minimum atomic E-state index is -3.71. The molecule has 158 valence electrons. The number of sulfone groups is 1. The van der Waals surface area contributed by atoms with Crippen LogP contribution < -0.4 is 0 Å². The van der Waals surface area contributed by atoms with Crippen LogP contribution in [0.25, 0.3) is 0 Å². The molecule has 29 heavy (non-hydrogen) atoms. The summed E-state index contributed by atoms with van der Waals surface area (Å²) in [5.41, 5.74) is 2.03. The lowest BCUT2D eigenvalue weighted by Gasteiger charge is -2.13. The minimum Gasteiger partial charge on any atom is -0.480 e. The van der Waals surface area contributed by atoms with Crippen LogP contribution >= 0.6 is 23.2 Å². The normalized spacial score (nSPS) is 12.6. The van der Waals surface area contributed by atoms with Crippen molar-refractivity contribution in [2.45, 2.75) is 50.2 Å². The third kappa shape index (κ3) is 8.37. The molecule has 0 aliphatic heterocycles. The number of carbonyl (C=O) groups is 1. The van der Waals surface area contributed by atoms with Crippen molar-refractivity contribution in [1.29, 1.82) is 0 Å². The molecule has 0 saturated carbocycles. The average Bonchev–Trinajstić information content (AvgIpc) is 2.68. The third-order valence-electron chi connectivity index (χ3n) is 4.89. The molecule has 1 N–H and O–H groups in total. The molecule has 0 saturated heterocycles. The van der Waals surface area contributed by atoms with E-state index < -0.39 is 21.1 Å². The van der Waals surface area contributed by atoms with E-state index in [1.54, 1.807) is 24.3 Å². The fraction of sp³-hybridized carbons (Fsp3) is 0.409. The van der Waals surface area contributed by atoms with Gasteiger partial charge in [0.2, 0.25) is 0 Å².